The van der Waals surface area contributed by atoms with Gasteiger partial charge in [-0.15, -0.1) is 0 Å². The van der Waals surface area contributed by atoms with Gasteiger partial charge in [0.25, 0.3) is 0 Å². The second kappa shape index (κ2) is 7.08. The number of hydrogen-bond acceptors (Lipinski definition) is 5. The zero-order valence-corrected chi connectivity index (χ0v) is 13.1. The molecule has 0 unspecified atom stereocenters. The fraction of sp³-hybridized carbons (Fsp3) is 0.0588. The maximum absolute atomic E-state index is 13.7. The number of rotatable bonds is 5. The van der Waals surface area contributed by atoms with Gasteiger partial charge in [0.1, 0.15) is 23.7 Å². The van der Waals surface area contributed by atoms with Crippen LogP contribution in [0.5, 0.6) is 5.75 Å². The largest absolute Gasteiger partial charge is 0.497 e. The second-order valence-corrected chi connectivity index (χ2v) is 4.99. The van der Waals surface area contributed by atoms with Gasteiger partial charge in [0, 0.05) is 11.8 Å². The lowest BCUT2D eigenvalue weighted by Crippen LogP contribution is -2.02. The number of methoxy groups -OCH3 is 1. The summed E-state index contributed by atoms with van der Waals surface area (Å²) in [5, 5.41) is 5.63. The number of benzene rings is 2. The first-order chi connectivity index (χ1) is 12.1. The van der Waals surface area contributed by atoms with Gasteiger partial charge < -0.3 is 15.4 Å². The molecule has 3 aromatic rings. The summed E-state index contributed by atoms with van der Waals surface area (Å²) in [4.78, 5) is 7.98. The van der Waals surface area contributed by atoms with Crippen LogP contribution in [-0.2, 0) is 0 Å². The van der Waals surface area contributed by atoms with Crippen LogP contribution < -0.4 is 15.4 Å². The number of nitrogens with zero attached hydrogens (tertiary/aromatic N) is 2. The van der Waals surface area contributed by atoms with E-state index in [9.17, 15) is 13.2 Å². The Morgan fingerprint density at radius 1 is 0.840 bits per heavy atom. The lowest BCUT2D eigenvalue weighted by atomic mass is 10.2. The van der Waals surface area contributed by atoms with E-state index < -0.39 is 17.5 Å². The smallest absolute Gasteiger partial charge is 0.196 e. The molecule has 2 aromatic carbocycles. The number of halogens is 3. The summed E-state index contributed by atoms with van der Waals surface area (Å²) < 4.78 is 45.0. The van der Waals surface area contributed by atoms with Crippen molar-refractivity contribution in [2.75, 3.05) is 17.7 Å². The minimum atomic E-state index is -1.55. The maximum atomic E-state index is 13.7. The molecule has 5 nitrogen and oxygen atoms in total. The molecule has 0 saturated carbocycles. The standard InChI is InChI=1S/C17H13F3N4O/c1-25-11-4-2-10(3-5-11)23-14-8-15(22-9-21-14)24-13-7-6-12(18)16(19)17(13)20/h2-9H,1H3,(H2,21,22,23,24). The van der Waals surface area contributed by atoms with Crippen molar-refractivity contribution >= 4 is 23.0 Å². The predicted octanol–water partition coefficient (Wildman–Crippen LogP) is 4.39. The van der Waals surface area contributed by atoms with Crippen LogP contribution in [0.1, 0.15) is 0 Å². The van der Waals surface area contributed by atoms with E-state index in [4.69, 9.17) is 4.74 Å². The van der Waals surface area contributed by atoms with Crippen molar-refractivity contribution in [1.82, 2.24) is 9.97 Å². The van der Waals surface area contributed by atoms with Gasteiger partial charge >= 0.3 is 0 Å². The van der Waals surface area contributed by atoms with Gasteiger partial charge in [-0.1, -0.05) is 0 Å². The van der Waals surface area contributed by atoms with Crippen LogP contribution in [0, 0.1) is 17.5 Å². The molecular weight excluding hydrogens is 333 g/mol. The van der Waals surface area contributed by atoms with Gasteiger partial charge in [-0.2, -0.15) is 0 Å². The molecule has 3 rings (SSSR count). The molecule has 1 aromatic heterocycles. The monoisotopic (exact) mass is 346 g/mol. The Hall–Kier alpha value is -3.29. The van der Waals surface area contributed by atoms with Crippen molar-refractivity contribution in [2.24, 2.45) is 0 Å². The first-order valence-corrected chi connectivity index (χ1v) is 7.20. The molecule has 1 heterocycles. The lowest BCUT2D eigenvalue weighted by molar-refractivity contribution is 0.415. The first-order valence-electron chi connectivity index (χ1n) is 7.20. The van der Waals surface area contributed by atoms with Gasteiger partial charge in [-0.3, -0.25) is 0 Å². The van der Waals surface area contributed by atoms with Crippen LogP contribution in [0.3, 0.4) is 0 Å². The summed E-state index contributed by atoms with van der Waals surface area (Å²) in [7, 11) is 1.57. The van der Waals surface area contributed by atoms with E-state index in [2.05, 4.69) is 20.6 Å². The second-order valence-electron chi connectivity index (χ2n) is 4.99. The highest BCUT2D eigenvalue weighted by atomic mass is 19.2. The Morgan fingerprint density at radius 2 is 1.52 bits per heavy atom. The van der Waals surface area contributed by atoms with Crippen LogP contribution in [0.2, 0.25) is 0 Å². The highest BCUT2D eigenvalue weighted by Gasteiger charge is 2.14. The lowest BCUT2D eigenvalue weighted by Gasteiger charge is -2.10. The van der Waals surface area contributed by atoms with E-state index in [-0.39, 0.29) is 11.5 Å². The van der Waals surface area contributed by atoms with Crippen LogP contribution in [0.25, 0.3) is 0 Å². The number of ether oxygens (including phenoxy) is 1. The molecule has 8 heteroatoms. The molecule has 0 amide bonds. The van der Waals surface area contributed by atoms with Gasteiger partial charge in [-0.25, -0.2) is 23.1 Å². The molecule has 0 spiro atoms. The summed E-state index contributed by atoms with van der Waals surface area (Å²) >= 11 is 0. The SMILES string of the molecule is COc1ccc(Nc2cc(Nc3ccc(F)c(F)c3F)ncn2)cc1. The van der Waals surface area contributed by atoms with E-state index in [1.165, 1.54) is 12.4 Å². The fourth-order valence-corrected chi connectivity index (χ4v) is 2.08. The van der Waals surface area contributed by atoms with Crippen molar-refractivity contribution in [2.45, 2.75) is 0 Å². The van der Waals surface area contributed by atoms with Gasteiger partial charge in [0.05, 0.1) is 12.8 Å². The number of anilines is 4. The highest BCUT2D eigenvalue weighted by molar-refractivity contribution is 5.63. The van der Waals surface area contributed by atoms with E-state index >= 15 is 0 Å². The van der Waals surface area contributed by atoms with Crippen molar-refractivity contribution < 1.29 is 17.9 Å². The molecule has 0 aliphatic heterocycles. The van der Waals surface area contributed by atoms with Crippen LogP contribution in [0.15, 0.2) is 48.8 Å². The average Bonchev–Trinajstić information content (AvgIpc) is 2.63. The summed E-state index contributed by atoms with van der Waals surface area (Å²) in [5.41, 5.74) is 0.525. The predicted molar refractivity (Wildman–Crippen MR) is 87.9 cm³/mol. The summed E-state index contributed by atoms with van der Waals surface area (Å²) in [6.07, 6.45) is 1.26. The Labute approximate surface area is 141 Å². The molecule has 0 radical (unpaired) electrons. The van der Waals surface area contributed by atoms with Gasteiger partial charge in [0.15, 0.2) is 17.5 Å². The third-order valence-corrected chi connectivity index (χ3v) is 3.33. The van der Waals surface area contributed by atoms with Crippen molar-refractivity contribution in [3.63, 3.8) is 0 Å². The van der Waals surface area contributed by atoms with E-state index in [0.29, 0.717) is 11.6 Å². The molecule has 0 aliphatic carbocycles. The summed E-state index contributed by atoms with van der Waals surface area (Å²) in [6.45, 7) is 0. The van der Waals surface area contributed by atoms with Crippen molar-refractivity contribution in [1.29, 1.82) is 0 Å². The number of nitrogens with one attached hydrogen (secondary N) is 2. The summed E-state index contributed by atoms with van der Waals surface area (Å²) in [5.74, 6) is -2.75. The number of hydrogen-bond donors (Lipinski definition) is 2. The zero-order chi connectivity index (χ0) is 17.8. The molecule has 128 valence electrons. The molecule has 2 N–H and O–H groups in total. The topological polar surface area (TPSA) is 59.1 Å². The van der Waals surface area contributed by atoms with E-state index in [1.54, 1.807) is 31.4 Å². The average molecular weight is 346 g/mol. The van der Waals surface area contributed by atoms with E-state index in [0.717, 1.165) is 17.8 Å². The van der Waals surface area contributed by atoms with Crippen molar-refractivity contribution in [3.8, 4) is 5.75 Å². The Morgan fingerprint density at radius 3 is 2.20 bits per heavy atom. The molecular formula is C17H13F3N4O. The van der Waals surface area contributed by atoms with Crippen LogP contribution in [-0.4, -0.2) is 17.1 Å². The quantitative estimate of drug-likeness (QED) is 0.671. The van der Waals surface area contributed by atoms with Crippen molar-refractivity contribution in [3.05, 3.63) is 66.2 Å². The van der Waals surface area contributed by atoms with Crippen LogP contribution in [0.4, 0.5) is 36.2 Å². The molecule has 25 heavy (non-hydrogen) atoms. The van der Waals surface area contributed by atoms with E-state index in [1.807, 2.05) is 0 Å². The van der Waals surface area contributed by atoms with Gasteiger partial charge in [-0.05, 0) is 36.4 Å². The van der Waals surface area contributed by atoms with Gasteiger partial charge in [0.2, 0.25) is 0 Å². The maximum Gasteiger partial charge on any atom is 0.196 e. The molecule has 0 bridgehead atoms. The highest BCUT2D eigenvalue weighted by Crippen LogP contribution is 2.24. The zero-order valence-electron chi connectivity index (χ0n) is 13.1. The molecule has 0 fully saturated rings. The molecule has 0 saturated heterocycles. The minimum absolute atomic E-state index is 0.218. The molecule has 0 atom stereocenters. The first kappa shape index (κ1) is 16.6. The number of aromatic nitrogens is 2. The normalized spacial score (nSPS) is 10.4. The van der Waals surface area contributed by atoms with Crippen LogP contribution >= 0.6 is 0 Å². The molecule has 0 aliphatic rings. The summed E-state index contributed by atoms with van der Waals surface area (Å²) in [6, 6.07) is 10.6. The third kappa shape index (κ3) is 3.79. The fourth-order valence-electron chi connectivity index (χ4n) is 2.08. The Bertz CT molecular complexity index is 888. The Kier molecular flexibility index (Phi) is 4.69. The third-order valence-electron chi connectivity index (χ3n) is 3.33. The minimum Gasteiger partial charge on any atom is -0.497 e. The Balaban J connectivity index is 1.78.